The molecule has 1 N–H and O–H groups in total. The number of rotatable bonds is 8. The molecule has 0 spiro atoms. The smallest absolute Gasteiger partial charge is 0.410 e. The summed E-state index contributed by atoms with van der Waals surface area (Å²) in [6.45, 7) is 13.8. The van der Waals surface area contributed by atoms with Gasteiger partial charge in [0.05, 0.1) is 6.61 Å². The van der Waals surface area contributed by atoms with Crippen LogP contribution in [0.2, 0.25) is 0 Å². The summed E-state index contributed by atoms with van der Waals surface area (Å²) < 4.78 is 10.6. The Labute approximate surface area is 141 Å². The molecule has 1 heterocycles. The van der Waals surface area contributed by atoms with E-state index in [0.717, 1.165) is 26.2 Å². The average molecular weight is 329 g/mol. The molecular weight excluding hydrogens is 294 g/mol. The van der Waals surface area contributed by atoms with Crippen LogP contribution in [0, 0.1) is 0 Å². The normalized spacial score (nSPS) is 17.3. The van der Waals surface area contributed by atoms with Crippen LogP contribution >= 0.6 is 0 Å². The third-order valence-electron chi connectivity index (χ3n) is 4.07. The fourth-order valence-electron chi connectivity index (χ4n) is 2.68. The molecule has 6 nitrogen and oxygen atoms in total. The summed E-state index contributed by atoms with van der Waals surface area (Å²) in [6, 6.07) is 0.556. The van der Waals surface area contributed by atoms with Crippen LogP contribution in [-0.2, 0) is 9.47 Å². The van der Waals surface area contributed by atoms with Gasteiger partial charge < -0.3 is 24.6 Å². The van der Waals surface area contributed by atoms with E-state index in [1.807, 2.05) is 20.8 Å². The second-order valence-corrected chi connectivity index (χ2v) is 7.12. The van der Waals surface area contributed by atoms with E-state index in [4.69, 9.17) is 9.47 Å². The maximum atomic E-state index is 12.2. The van der Waals surface area contributed by atoms with Crippen molar-refractivity contribution in [1.29, 1.82) is 0 Å². The van der Waals surface area contributed by atoms with E-state index in [0.29, 0.717) is 25.7 Å². The van der Waals surface area contributed by atoms with Crippen molar-refractivity contribution in [3.8, 4) is 0 Å². The number of methoxy groups -OCH3 is 1. The fourth-order valence-corrected chi connectivity index (χ4v) is 2.68. The molecule has 0 bridgehead atoms. The molecule has 0 aliphatic carbocycles. The molecule has 0 saturated carbocycles. The van der Waals surface area contributed by atoms with Crippen molar-refractivity contribution in [2.75, 3.05) is 53.0 Å². The molecule has 0 aromatic rings. The van der Waals surface area contributed by atoms with Crippen LogP contribution < -0.4 is 5.32 Å². The summed E-state index contributed by atoms with van der Waals surface area (Å²) in [4.78, 5) is 16.4. The predicted molar refractivity (Wildman–Crippen MR) is 92.8 cm³/mol. The van der Waals surface area contributed by atoms with E-state index in [-0.39, 0.29) is 6.09 Å². The van der Waals surface area contributed by atoms with E-state index >= 15 is 0 Å². The quantitative estimate of drug-likeness (QED) is 0.737. The molecule has 0 atom stereocenters. The molecule has 0 radical (unpaired) electrons. The van der Waals surface area contributed by atoms with Crippen molar-refractivity contribution in [2.24, 2.45) is 0 Å². The van der Waals surface area contributed by atoms with Crippen molar-refractivity contribution in [2.45, 2.75) is 52.2 Å². The number of carbonyl (C=O) groups is 1. The van der Waals surface area contributed by atoms with E-state index in [1.54, 1.807) is 12.0 Å². The minimum Gasteiger partial charge on any atom is -0.444 e. The van der Waals surface area contributed by atoms with Crippen molar-refractivity contribution in [3.63, 3.8) is 0 Å². The Balaban J connectivity index is 2.34. The van der Waals surface area contributed by atoms with Crippen LogP contribution in [0.5, 0.6) is 0 Å². The molecule has 0 unspecified atom stereocenters. The second-order valence-electron chi connectivity index (χ2n) is 7.12. The monoisotopic (exact) mass is 329 g/mol. The predicted octanol–water partition coefficient (Wildman–Crippen LogP) is 1.94. The molecule has 1 amide bonds. The van der Waals surface area contributed by atoms with Crippen molar-refractivity contribution < 1.29 is 14.3 Å². The SMILES string of the molecule is CCN1CCC(NCCN(CCOC)C(=O)OC(C)(C)C)CC1. The van der Waals surface area contributed by atoms with Crippen LogP contribution in [0.4, 0.5) is 4.79 Å². The highest BCUT2D eigenvalue weighted by atomic mass is 16.6. The van der Waals surface area contributed by atoms with Gasteiger partial charge in [-0.05, 0) is 53.2 Å². The summed E-state index contributed by atoms with van der Waals surface area (Å²) in [5.74, 6) is 0. The van der Waals surface area contributed by atoms with Crippen LogP contribution in [0.1, 0.15) is 40.5 Å². The zero-order valence-electron chi connectivity index (χ0n) is 15.6. The van der Waals surface area contributed by atoms with Crippen LogP contribution in [-0.4, -0.2) is 80.5 Å². The van der Waals surface area contributed by atoms with Gasteiger partial charge in [0.2, 0.25) is 0 Å². The number of hydrogen-bond donors (Lipinski definition) is 1. The minimum atomic E-state index is -0.469. The van der Waals surface area contributed by atoms with E-state index < -0.39 is 5.60 Å². The number of nitrogens with one attached hydrogen (secondary N) is 1. The zero-order chi connectivity index (χ0) is 17.3. The van der Waals surface area contributed by atoms with Gasteiger partial charge in [-0.3, -0.25) is 0 Å². The van der Waals surface area contributed by atoms with E-state index in [9.17, 15) is 4.79 Å². The number of nitrogens with zero attached hydrogens (tertiary/aromatic N) is 2. The van der Waals surface area contributed by atoms with Gasteiger partial charge in [-0.1, -0.05) is 6.92 Å². The molecule has 0 aromatic carbocycles. The van der Waals surface area contributed by atoms with E-state index in [2.05, 4.69) is 17.1 Å². The van der Waals surface area contributed by atoms with Gasteiger partial charge in [-0.25, -0.2) is 4.79 Å². The van der Waals surface area contributed by atoms with Crippen LogP contribution in [0.15, 0.2) is 0 Å². The number of hydrogen-bond acceptors (Lipinski definition) is 5. The fraction of sp³-hybridized carbons (Fsp3) is 0.941. The lowest BCUT2D eigenvalue weighted by Gasteiger charge is -2.32. The topological polar surface area (TPSA) is 54.0 Å². The Bertz CT molecular complexity index is 336. The Morgan fingerprint density at radius 1 is 1.26 bits per heavy atom. The van der Waals surface area contributed by atoms with Gasteiger partial charge >= 0.3 is 6.09 Å². The first-order chi connectivity index (χ1) is 10.9. The summed E-state index contributed by atoms with van der Waals surface area (Å²) in [5.41, 5.74) is -0.469. The molecule has 1 fully saturated rings. The maximum absolute atomic E-state index is 12.2. The van der Waals surface area contributed by atoms with Gasteiger partial charge in [0.15, 0.2) is 0 Å². The van der Waals surface area contributed by atoms with Gasteiger partial charge in [0, 0.05) is 32.8 Å². The van der Waals surface area contributed by atoms with Gasteiger partial charge in [-0.2, -0.15) is 0 Å². The first kappa shape index (κ1) is 20.2. The minimum absolute atomic E-state index is 0.267. The second kappa shape index (κ2) is 10.1. The summed E-state index contributed by atoms with van der Waals surface area (Å²) >= 11 is 0. The largest absolute Gasteiger partial charge is 0.444 e. The van der Waals surface area contributed by atoms with Crippen LogP contribution in [0.3, 0.4) is 0 Å². The highest BCUT2D eigenvalue weighted by Gasteiger charge is 2.22. The third-order valence-corrected chi connectivity index (χ3v) is 4.07. The lowest BCUT2D eigenvalue weighted by atomic mass is 10.1. The van der Waals surface area contributed by atoms with Gasteiger partial charge in [0.25, 0.3) is 0 Å². The Kier molecular flexibility index (Phi) is 8.87. The Morgan fingerprint density at radius 3 is 2.43 bits per heavy atom. The molecule has 0 aromatic heterocycles. The van der Waals surface area contributed by atoms with E-state index in [1.165, 1.54) is 12.8 Å². The van der Waals surface area contributed by atoms with Gasteiger partial charge in [0.1, 0.15) is 5.60 Å². The molecule has 23 heavy (non-hydrogen) atoms. The third kappa shape index (κ3) is 8.53. The molecule has 6 heteroatoms. The number of ether oxygens (including phenoxy) is 2. The lowest BCUT2D eigenvalue weighted by molar-refractivity contribution is 0.0201. The molecule has 1 aliphatic rings. The molecule has 136 valence electrons. The number of likely N-dealkylation sites (tertiary alicyclic amines) is 1. The molecule has 1 rings (SSSR count). The standard InChI is InChI=1S/C17H35N3O3/c1-6-19-10-7-15(8-11-19)18-9-12-20(13-14-22-5)16(21)23-17(2,3)4/h15,18H,6-14H2,1-5H3. The van der Waals surface area contributed by atoms with Crippen molar-refractivity contribution in [1.82, 2.24) is 15.1 Å². The highest BCUT2D eigenvalue weighted by Crippen LogP contribution is 2.11. The zero-order valence-corrected chi connectivity index (χ0v) is 15.6. The Morgan fingerprint density at radius 2 is 1.91 bits per heavy atom. The first-order valence-corrected chi connectivity index (χ1v) is 8.78. The van der Waals surface area contributed by atoms with Crippen molar-refractivity contribution >= 4 is 6.09 Å². The average Bonchev–Trinajstić information content (AvgIpc) is 2.49. The molecule has 1 saturated heterocycles. The summed E-state index contributed by atoms with van der Waals surface area (Å²) in [5, 5.41) is 3.57. The van der Waals surface area contributed by atoms with Crippen LogP contribution in [0.25, 0.3) is 0 Å². The lowest BCUT2D eigenvalue weighted by Crippen LogP contribution is -2.46. The Hall–Kier alpha value is -0.850. The molecular formula is C17H35N3O3. The first-order valence-electron chi connectivity index (χ1n) is 8.78. The summed E-state index contributed by atoms with van der Waals surface area (Å²) in [7, 11) is 1.65. The number of piperidine rings is 1. The summed E-state index contributed by atoms with van der Waals surface area (Å²) in [6.07, 6.45) is 2.09. The van der Waals surface area contributed by atoms with Crippen molar-refractivity contribution in [3.05, 3.63) is 0 Å². The van der Waals surface area contributed by atoms with Gasteiger partial charge in [-0.15, -0.1) is 0 Å². The number of carbonyl (C=O) groups excluding carboxylic acids is 1. The number of amides is 1. The molecule has 1 aliphatic heterocycles. The highest BCUT2D eigenvalue weighted by molar-refractivity contribution is 5.68. The maximum Gasteiger partial charge on any atom is 0.410 e.